The van der Waals surface area contributed by atoms with E-state index < -0.39 is 24.5 Å². The van der Waals surface area contributed by atoms with Crippen molar-refractivity contribution in [2.24, 2.45) is 0 Å². The van der Waals surface area contributed by atoms with Crippen molar-refractivity contribution in [1.82, 2.24) is 10.6 Å². The van der Waals surface area contributed by atoms with E-state index in [1.54, 1.807) is 0 Å². The second kappa shape index (κ2) is 11.8. The van der Waals surface area contributed by atoms with Gasteiger partial charge in [-0.05, 0) is 40.0 Å². The van der Waals surface area contributed by atoms with E-state index in [9.17, 15) is 14.4 Å². The molecule has 2 N–H and O–H groups in total. The van der Waals surface area contributed by atoms with E-state index >= 15 is 0 Å². The third kappa shape index (κ3) is 7.07. The van der Waals surface area contributed by atoms with Gasteiger partial charge in [0, 0.05) is 6.54 Å². The maximum Gasteiger partial charge on any atom is 0.338 e. The average molecular weight is 479 g/mol. The van der Waals surface area contributed by atoms with Gasteiger partial charge in [-0.25, -0.2) is 9.59 Å². The van der Waals surface area contributed by atoms with Crippen LogP contribution in [0.3, 0.4) is 0 Å². The van der Waals surface area contributed by atoms with Gasteiger partial charge in [-0.1, -0.05) is 37.3 Å². The van der Waals surface area contributed by atoms with Crippen LogP contribution in [0.1, 0.15) is 29.3 Å². The van der Waals surface area contributed by atoms with E-state index in [0.29, 0.717) is 22.6 Å². The van der Waals surface area contributed by atoms with E-state index in [1.807, 2.05) is 37.3 Å². The molecule has 0 saturated carbocycles. The van der Waals surface area contributed by atoms with Crippen LogP contribution in [0.5, 0.6) is 11.5 Å². The van der Waals surface area contributed by atoms with Crippen LogP contribution < -0.4 is 20.1 Å². The first kappa shape index (κ1) is 23.2. The summed E-state index contributed by atoms with van der Waals surface area (Å²) >= 11 is 3.34. The van der Waals surface area contributed by atoms with Crippen molar-refractivity contribution < 1.29 is 28.6 Å². The molecule has 0 unspecified atom stereocenters. The van der Waals surface area contributed by atoms with Crippen molar-refractivity contribution >= 4 is 33.8 Å². The molecule has 0 spiro atoms. The summed E-state index contributed by atoms with van der Waals surface area (Å²) in [4.78, 5) is 35.9. The maximum atomic E-state index is 12.3. The first-order chi connectivity index (χ1) is 14.4. The largest absolute Gasteiger partial charge is 0.493 e. The summed E-state index contributed by atoms with van der Waals surface area (Å²) in [5, 5.41) is 4.65. The minimum Gasteiger partial charge on any atom is -0.493 e. The fraction of sp³-hybridized carbons (Fsp3) is 0.286. The molecule has 0 atom stereocenters. The Bertz CT molecular complexity index is 889. The Morgan fingerprint density at radius 3 is 2.50 bits per heavy atom. The molecule has 0 saturated heterocycles. The Hall–Kier alpha value is -3.07. The summed E-state index contributed by atoms with van der Waals surface area (Å²) < 4.78 is 16.4. The first-order valence-corrected chi connectivity index (χ1v) is 10.0. The number of imide groups is 1. The van der Waals surface area contributed by atoms with Crippen LogP contribution in [0.15, 0.2) is 46.9 Å². The van der Waals surface area contributed by atoms with Gasteiger partial charge < -0.3 is 19.5 Å². The lowest BCUT2D eigenvalue weighted by Gasteiger charge is -2.13. The highest BCUT2D eigenvalue weighted by atomic mass is 79.9. The van der Waals surface area contributed by atoms with E-state index in [4.69, 9.17) is 14.2 Å². The molecule has 0 aliphatic rings. The third-order valence-corrected chi connectivity index (χ3v) is 4.39. The number of esters is 1. The average Bonchev–Trinajstić information content (AvgIpc) is 2.75. The normalized spacial score (nSPS) is 10.1. The molecule has 2 rings (SSSR count). The van der Waals surface area contributed by atoms with Crippen LogP contribution in [-0.4, -0.2) is 38.2 Å². The molecule has 0 fully saturated rings. The lowest BCUT2D eigenvalue weighted by Crippen LogP contribution is -2.41. The molecule has 160 valence electrons. The number of benzene rings is 2. The Labute approximate surface area is 183 Å². The van der Waals surface area contributed by atoms with Gasteiger partial charge in [0.05, 0.1) is 23.8 Å². The molecule has 0 aliphatic heterocycles. The lowest BCUT2D eigenvalue weighted by atomic mass is 10.2. The Morgan fingerprint density at radius 1 is 1.10 bits per heavy atom. The second-order valence-electron chi connectivity index (χ2n) is 6.13. The standard InChI is InChI=1S/C21H23BrN2O6/c1-3-9-29-19-16(22)10-15(11-17(19)28-2)20(26)30-13-18(25)24-21(27)23-12-14-7-5-4-6-8-14/h4-8,10-11H,3,9,12-13H2,1-2H3,(H2,23,24,25,27). The Balaban J connectivity index is 1.86. The monoisotopic (exact) mass is 478 g/mol. The number of carbonyl (C=O) groups is 3. The summed E-state index contributed by atoms with van der Waals surface area (Å²) in [5.41, 5.74) is 1.06. The lowest BCUT2D eigenvalue weighted by molar-refractivity contribution is -0.123. The number of nitrogens with one attached hydrogen (secondary N) is 2. The van der Waals surface area contributed by atoms with E-state index in [1.165, 1.54) is 19.2 Å². The van der Waals surface area contributed by atoms with Gasteiger partial charge in [0.1, 0.15) is 0 Å². The van der Waals surface area contributed by atoms with Gasteiger partial charge in [0.15, 0.2) is 18.1 Å². The van der Waals surface area contributed by atoms with Crippen molar-refractivity contribution in [2.45, 2.75) is 19.9 Å². The van der Waals surface area contributed by atoms with E-state index in [-0.39, 0.29) is 12.1 Å². The zero-order valence-corrected chi connectivity index (χ0v) is 18.3. The summed E-state index contributed by atoms with van der Waals surface area (Å²) in [6, 6.07) is 11.5. The highest BCUT2D eigenvalue weighted by Gasteiger charge is 2.18. The predicted octanol–water partition coefficient (Wildman–Crippen LogP) is 3.43. The van der Waals surface area contributed by atoms with Crippen molar-refractivity contribution in [3.05, 3.63) is 58.1 Å². The SMILES string of the molecule is CCCOc1c(Br)cc(C(=O)OCC(=O)NC(=O)NCc2ccccc2)cc1OC. The van der Waals surface area contributed by atoms with Crippen molar-refractivity contribution in [2.75, 3.05) is 20.3 Å². The first-order valence-electron chi connectivity index (χ1n) is 9.23. The number of carbonyl (C=O) groups excluding carboxylic acids is 3. The molecule has 30 heavy (non-hydrogen) atoms. The van der Waals surface area contributed by atoms with Gasteiger partial charge in [0.25, 0.3) is 5.91 Å². The number of halogens is 1. The second-order valence-corrected chi connectivity index (χ2v) is 6.98. The molecule has 0 radical (unpaired) electrons. The molecular weight excluding hydrogens is 456 g/mol. The zero-order chi connectivity index (χ0) is 21.9. The maximum absolute atomic E-state index is 12.3. The molecule has 0 aromatic heterocycles. The van der Waals surface area contributed by atoms with Crippen LogP contribution in [0, 0.1) is 0 Å². The molecule has 0 bridgehead atoms. The minimum absolute atomic E-state index is 0.170. The van der Waals surface area contributed by atoms with Crippen LogP contribution >= 0.6 is 15.9 Å². The minimum atomic E-state index is -0.747. The molecular formula is C21H23BrN2O6. The van der Waals surface area contributed by atoms with Crippen LogP contribution in [0.25, 0.3) is 0 Å². The van der Waals surface area contributed by atoms with Gasteiger partial charge in [-0.3, -0.25) is 10.1 Å². The zero-order valence-electron chi connectivity index (χ0n) is 16.7. The van der Waals surface area contributed by atoms with Gasteiger partial charge in [0.2, 0.25) is 0 Å². The quantitative estimate of drug-likeness (QED) is 0.535. The molecule has 8 nitrogen and oxygen atoms in total. The van der Waals surface area contributed by atoms with Gasteiger partial charge in [-0.2, -0.15) is 0 Å². The Morgan fingerprint density at radius 2 is 1.83 bits per heavy atom. The predicted molar refractivity (Wildman–Crippen MR) is 114 cm³/mol. The molecule has 3 amide bonds. The van der Waals surface area contributed by atoms with Crippen LogP contribution in [0.2, 0.25) is 0 Å². The highest BCUT2D eigenvalue weighted by Crippen LogP contribution is 2.36. The number of ether oxygens (including phenoxy) is 3. The number of methoxy groups -OCH3 is 1. The Kier molecular flexibility index (Phi) is 9.14. The number of rotatable bonds is 9. The van der Waals surface area contributed by atoms with Gasteiger partial charge in [-0.15, -0.1) is 0 Å². The van der Waals surface area contributed by atoms with E-state index in [0.717, 1.165) is 12.0 Å². The van der Waals surface area contributed by atoms with Crippen molar-refractivity contribution in [1.29, 1.82) is 0 Å². The summed E-state index contributed by atoms with van der Waals surface area (Å²) in [7, 11) is 1.46. The molecule has 2 aromatic carbocycles. The van der Waals surface area contributed by atoms with Crippen LogP contribution in [-0.2, 0) is 16.1 Å². The third-order valence-electron chi connectivity index (χ3n) is 3.80. The summed E-state index contributed by atoms with van der Waals surface area (Å²) in [6.07, 6.45) is 0.813. The van der Waals surface area contributed by atoms with Crippen molar-refractivity contribution in [3.8, 4) is 11.5 Å². The van der Waals surface area contributed by atoms with E-state index in [2.05, 4.69) is 26.6 Å². The summed E-state index contributed by atoms with van der Waals surface area (Å²) in [5.74, 6) is -0.656. The number of amides is 3. The van der Waals surface area contributed by atoms with Gasteiger partial charge >= 0.3 is 12.0 Å². The van der Waals surface area contributed by atoms with Crippen LogP contribution in [0.4, 0.5) is 4.79 Å². The van der Waals surface area contributed by atoms with Crippen molar-refractivity contribution in [3.63, 3.8) is 0 Å². The molecule has 9 heteroatoms. The number of hydrogen-bond acceptors (Lipinski definition) is 6. The molecule has 0 aliphatic carbocycles. The molecule has 0 heterocycles. The highest BCUT2D eigenvalue weighted by molar-refractivity contribution is 9.10. The topological polar surface area (TPSA) is 103 Å². The fourth-order valence-electron chi connectivity index (χ4n) is 2.38. The molecule has 2 aromatic rings. The number of urea groups is 1. The smallest absolute Gasteiger partial charge is 0.338 e. The number of hydrogen-bond donors (Lipinski definition) is 2. The summed E-state index contributed by atoms with van der Waals surface area (Å²) in [6.45, 7) is 2.12. The fourth-order valence-corrected chi connectivity index (χ4v) is 2.94.